The largest absolute Gasteiger partial charge is 0.346 e. The van der Waals surface area contributed by atoms with Gasteiger partial charge < -0.3 is 20.5 Å². The van der Waals surface area contributed by atoms with Gasteiger partial charge in [0.2, 0.25) is 0 Å². The first-order chi connectivity index (χ1) is 14.5. The molecule has 1 saturated heterocycles. The van der Waals surface area contributed by atoms with Crippen molar-refractivity contribution in [3.63, 3.8) is 0 Å². The molecule has 7 heteroatoms. The number of piperidine rings is 1. The molecule has 3 amide bonds. The number of rotatable bonds is 4. The van der Waals surface area contributed by atoms with Gasteiger partial charge >= 0.3 is 6.03 Å². The Morgan fingerprint density at radius 3 is 2.57 bits per heavy atom. The summed E-state index contributed by atoms with van der Waals surface area (Å²) in [5.74, 6) is 0.463. The van der Waals surface area contributed by atoms with Gasteiger partial charge in [-0.25, -0.2) is 9.78 Å². The molecule has 1 fully saturated rings. The summed E-state index contributed by atoms with van der Waals surface area (Å²) in [6, 6.07) is 10.9. The van der Waals surface area contributed by atoms with E-state index in [2.05, 4.69) is 32.9 Å². The van der Waals surface area contributed by atoms with Crippen LogP contribution in [0, 0.1) is 0 Å². The Morgan fingerprint density at radius 2 is 1.87 bits per heavy atom. The first-order valence-corrected chi connectivity index (χ1v) is 10.4. The average molecular weight is 406 g/mol. The quantitative estimate of drug-likeness (QED) is 0.610. The molecule has 156 valence electrons. The highest BCUT2D eigenvalue weighted by molar-refractivity contribution is 5.95. The number of fused-ring (bicyclic) bond motifs is 1. The summed E-state index contributed by atoms with van der Waals surface area (Å²) in [6.45, 7) is 5.26. The fourth-order valence-electron chi connectivity index (χ4n) is 4.02. The van der Waals surface area contributed by atoms with Crippen molar-refractivity contribution >= 4 is 28.7 Å². The van der Waals surface area contributed by atoms with E-state index in [0.29, 0.717) is 17.2 Å². The van der Waals surface area contributed by atoms with Gasteiger partial charge in [-0.15, -0.1) is 0 Å². The van der Waals surface area contributed by atoms with Gasteiger partial charge in [0.1, 0.15) is 5.65 Å². The number of urea groups is 1. The number of H-pyrrole nitrogens is 1. The van der Waals surface area contributed by atoms with E-state index in [1.54, 1.807) is 30.5 Å². The van der Waals surface area contributed by atoms with E-state index in [9.17, 15) is 9.59 Å². The van der Waals surface area contributed by atoms with Crippen molar-refractivity contribution in [3.8, 4) is 0 Å². The third kappa shape index (κ3) is 4.30. The van der Waals surface area contributed by atoms with Crippen LogP contribution in [0.5, 0.6) is 0 Å². The summed E-state index contributed by atoms with van der Waals surface area (Å²) in [6.07, 6.45) is 5.72. The summed E-state index contributed by atoms with van der Waals surface area (Å²) in [7, 11) is 0. The highest BCUT2D eigenvalue weighted by Gasteiger charge is 2.26. The van der Waals surface area contributed by atoms with E-state index < -0.39 is 0 Å². The summed E-state index contributed by atoms with van der Waals surface area (Å²) in [5, 5.41) is 6.72. The number of carbonyl (C=O) groups is 2. The normalized spacial score (nSPS) is 14.8. The second-order valence-electron chi connectivity index (χ2n) is 8.04. The molecule has 30 heavy (non-hydrogen) atoms. The second kappa shape index (κ2) is 8.57. The molecule has 0 atom stereocenters. The highest BCUT2D eigenvalue weighted by atomic mass is 16.2. The van der Waals surface area contributed by atoms with Crippen molar-refractivity contribution in [2.75, 3.05) is 18.4 Å². The number of nitrogens with zero attached hydrogens (tertiary/aromatic N) is 2. The smallest absolute Gasteiger partial charge is 0.319 e. The van der Waals surface area contributed by atoms with Crippen LogP contribution in [0.4, 0.5) is 10.5 Å². The predicted molar refractivity (Wildman–Crippen MR) is 118 cm³/mol. The van der Waals surface area contributed by atoms with Gasteiger partial charge in [0.15, 0.2) is 0 Å². The number of aromatic nitrogens is 2. The Bertz CT molecular complexity index is 1030. The summed E-state index contributed by atoms with van der Waals surface area (Å²) < 4.78 is 0. The Hall–Kier alpha value is -3.35. The van der Waals surface area contributed by atoms with Crippen LogP contribution in [0.15, 0.2) is 48.8 Å². The minimum Gasteiger partial charge on any atom is -0.346 e. The second-order valence-corrected chi connectivity index (χ2v) is 8.04. The Kier molecular flexibility index (Phi) is 5.70. The SMILES string of the molecule is CC(C)NC(=O)Nc1ccc(C(=O)N2CCC(c3c[nH]c4ncccc34)CC2)cc1. The molecule has 1 aromatic carbocycles. The topological polar surface area (TPSA) is 90.1 Å². The summed E-state index contributed by atoms with van der Waals surface area (Å²) in [5.41, 5.74) is 3.51. The van der Waals surface area contributed by atoms with Crippen LogP contribution in [0.2, 0.25) is 0 Å². The van der Waals surface area contributed by atoms with Gasteiger partial charge in [-0.05, 0) is 74.6 Å². The van der Waals surface area contributed by atoms with Crippen LogP contribution in [0.25, 0.3) is 11.0 Å². The maximum atomic E-state index is 12.9. The van der Waals surface area contributed by atoms with Gasteiger partial charge in [0.25, 0.3) is 5.91 Å². The third-order valence-corrected chi connectivity index (χ3v) is 5.51. The molecule has 0 radical (unpaired) electrons. The zero-order chi connectivity index (χ0) is 21.1. The summed E-state index contributed by atoms with van der Waals surface area (Å²) >= 11 is 0. The standard InChI is InChI=1S/C23H27N5O2/c1-15(2)26-23(30)27-18-7-5-17(6-8-18)22(29)28-12-9-16(10-13-28)20-14-25-21-19(20)4-3-11-24-21/h3-8,11,14-16H,9-10,12-13H2,1-2H3,(H,24,25)(H2,26,27,30). The lowest BCUT2D eigenvalue weighted by Crippen LogP contribution is -2.38. The molecule has 4 rings (SSSR count). The number of hydrogen-bond donors (Lipinski definition) is 3. The molecule has 0 unspecified atom stereocenters. The fraction of sp³-hybridized carbons (Fsp3) is 0.348. The highest BCUT2D eigenvalue weighted by Crippen LogP contribution is 2.33. The van der Waals surface area contributed by atoms with E-state index in [-0.39, 0.29) is 18.0 Å². The minimum absolute atomic E-state index is 0.0345. The lowest BCUT2D eigenvalue weighted by molar-refractivity contribution is 0.0713. The maximum absolute atomic E-state index is 12.9. The van der Waals surface area contributed by atoms with E-state index in [1.165, 1.54) is 10.9 Å². The van der Waals surface area contributed by atoms with Crippen molar-refractivity contribution < 1.29 is 9.59 Å². The number of hydrogen-bond acceptors (Lipinski definition) is 3. The molecule has 1 aliphatic heterocycles. The van der Waals surface area contributed by atoms with E-state index in [0.717, 1.165) is 31.6 Å². The first kappa shape index (κ1) is 19.9. The number of amides is 3. The van der Waals surface area contributed by atoms with Gasteiger partial charge in [0, 0.05) is 48.2 Å². The first-order valence-electron chi connectivity index (χ1n) is 10.4. The van der Waals surface area contributed by atoms with E-state index >= 15 is 0 Å². The predicted octanol–water partition coefficient (Wildman–Crippen LogP) is 4.11. The molecule has 2 aromatic heterocycles. The number of benzene rings is 1. The average Bonchev–Trinajstić information content (AvgIpc) is 3.17. The molecule has 3 N–H and O–H groups in total. The third-order valence-electron chi connectivity index (χ3n) is 5.51. The van der Waals surface area contributed by atoms with Crippen LogP contribution in [0.1, 0.15) is 48.5 Å². The Balaban J connectivity index is 1.35. The van der Waals surface area contributed by atoms with Crippen molar-refractivity contribution in [1.29, 1.82) is 0 Å². The van der Waals surface area contributed by atoms with Gasteiger partial charge in [-0.1, -0.05) is 0 Å². The molecule has 3 heterocycles. The lowest BCUT2D eigenvalue weighted by atomic mass is 9.89. The molecule has 0 spiro atoms. The maximum Gasteiger partial charge on any atom is 0.319 e. The molecule has 3 aromatic rings. The zero-order valence-corrected chi connectivity index (χ0v) is 17.3. The van der Waals surface area contributed by atoms with Crippen LogP contribution < -0.4 is 10.6 Å². The molecule has 7 nitrogen and oxygen atoms in total. The van der Waals surface area contributed by atoms with E-state index in [4.69, 9.17) is 0 Å². The number of anilines is 1. The van der Waals surface area contributed by atoms with Gasteiger partial charge in [0.05, 0.1) is 0 Å². The molecular formula is C23H27N5O2. The van der Waals surface area contributed by atoms with Crippen LogP contribution >= 0.6 is 0 Å². The Morgan fingerprint density at radius 1 is 1.13 bits per heavy atom. The number of nitrogens with one attached hydrogen (secondary N) is 3. The fourth-order valence-corrected chi connectivity index (χ4v) is 4.02. The summed E-state index contributed by atoms with van der Waals surface area (Å²) in [4.78, 5) is 34.2. The number of carbonyl (C=O) groups excluding carboxylic acids is 2. The van der Waals surface area contributed by atoms with Gasteiger partial charge in [-0.3, -0.25) is 4.79 Å². The van der Waals surface area contributed by atoms with Gasteiger partial charge in [-0.2, -0.15) is 0 Å². The molecule has 0 aliphatic carbocycles. The monoisotopic (exact) mass is 405 g/mol. The van der Waals surface area contributed by atoms with Crippen molar-refractivity contribution in [2.24, 2.45) is 0 Å². The van der Waals surface area contributed by atoms with Crippen LogP contribution in [0.3, 0.4) is 0 Å². The molecule has 0 saturated carbocycles. The van der Waals surface area contributed by atoms with Crippen LogP contribution in [-0.4, -0.2) is 45.9 Å². The van der Waals surface area contributed by atoms with Crippen molar-refractivity contribution in [2.45, 2.75) is 38.6 Å². The number of likely N-dealkylation sites (tertiary alicyclic amines) is 1. The zero-order valence-electron chi connectivity index (χ0n) is 17.3. The van der Waals surface area contributed by atoms with Crippen LogP contribution in [-0.2, 0) is 0 Å². The molecular weight excluding hydrogens is 378 g/mol. The molecule has 0 bridgehead atoms. The number of aromatic amines is 1. The molecule has 1 aliphatic rings. The van der Waals surface area contributed by atoms with Crippen molar-refractivity contribution in [1.82, 2.24) is 20.2 Å². The lowest BCUT2D eigenvalue weighted by Gasteiger charge is -2.32. The van der Waals surface area contributed by atoms with E-state index in [1.807, 2.05) is 24.8 Å². The number of pyridine rings is 1. The minimum atomic E-state index is -0.251. The Labute approximate surface area is 175 Å². The van der Waals surface area contributed by atoms with Crippen molar-refractivity contribution in [3.05, 3.63) is 59.9 Å².